The first kappa shape index (κ1) is 43.8. The van der Waals surface area contributed by atoms with Gasteiger partial charge in [-0.25, -0.2) is 0 Å². The number of nitrogens with two attached hydrogens (primary N) is 1. The number of nitriles is 1. The van der Waals surface area contributed by atoms with Crippen LogP contribution in [0.3, 0.4) is 0 Å². The Kier molecular flexibility index (Phi) is 11.1. The first-order chi connectivity index (χ1) is 31.0. The fourth-order valence-electron chi connectivity index (χ4n) is 11.6. The van der Waals surface area contributed by atoms with E-state index in [1.807, 2.05) is 33.8 Å². The first-order valence-electron chi connectivity index (χ1n) is 22.6. The Hall–Kier alpha value is -6.47. The number of carbonyl (C=O) groups is 5. The largest absolute Gasteiger partial charge is 0.490 e. The molecule has 0 spiro atoms. The number of piperidine rings is 2. The second-order valence-corrected chi connectivity index (χ2v) is 19.7. The number of hydrogen-bond acceptors (Lipinski definition) is 13. The number of primary amides is 1. The lowest BCUT2D eigenvalue weighted by Gasteiger charge is -2.66. The van der Waals surface area contributed by atoms with Crippen molar-refractivity contribution in [3.05, 3.63) is 83.2 Å². The van der Waals surface area contributed by atoms with Crippen molar-refractivity contribution in [2.75, 3.05) is 24.5 Å². The molecule has 1 unspecified atom stereocenters. The van der Waals surface area contributed by atoms with Gasteiger partial charge >= 0.3 is 0 Å². The van der Waals surface area contributed by atoms with E-state index in [0.717, 1.165) is 56.0 Å². The second-order valence-electron chi connectivity index (χ2n) is 19.7. The zero-order chi connectivity index (χ0) is 46.1. The van der Waals surface area contributed by atoms with Crippen LogP contribution in [0.15, 0.2) is 60.8 Å². The maximum absolute atomic E-state index is 14.5. The van der Waals surface area contributed by atoms with Crippen LogP contribution in [0.2, 0.25) is 0 Å². The summed E-state index contributed by atoms with van der Waals surface area (Å²) in [5, 5.41) is 18.5. The van der Waals surface area contributed by atoms with Gasteiger partial charge in [-0.1, -0.05) is 27.7 Å². The van der Waals surface area contributed by atoms with Crippen LogP contribution in [0.5, 0.6) is 11.5 Å². The Labute approximate surface area is 378 Å². The molecule has 3 aliphatic heterocycles. The molecule has 16 heteroatoms. The Morgan fingerprint density at radius 2 is 1.63 bits per heavy atom. The van der Waals surface area contributed by atoms with Gasteiger partial charge < -0.3 is 20.1 Å². The number of aromatic nitrogens is 3. The molecule has 9 rings (SSSR count). The van der Waals surface area contributed by atoms with E-state index in [0.29, 0.717) is 46.0 Å². The van der Waals surface area contributed by atoms with Crippen LogP contribution >= 0.6 is 0 Å². The molecule has 1 atom stereocenters. The van der Waals surface area contributed by atoms with E-state index in [-0.39, 0.29) is 41.7 Å². The molecule has 5 aliphatic rings. The van der Waals surface area contributed by atoms with E-state index in [2.05, 4.69) is 44.9 Å². The third kappa shape index (κ3) is 7.53. The van der Waals surface area contributed by atoms with E-state index in [9.17, 15) is 29.2 Å². The summed E-state index contributed by atoms with van der Waals surface area (Å²) >= 11 is 0. The molecule has 4 fully saturated rings. The topological polar surface area (TPSA) is 205 Å². The van der Waals surface area contributed by atoms with Crippen molar-refractivity contribution < 1.29 is 33.4 Å². The SMILES string of the molecule is CC(C)N(CC1CCN(c2ccc(C(N)=O)nn2)CC1)C1CC(Oc2ccc3c(c2)C(=O)N(C2CCC(=O)N(C4C(C)(C)C(Oc5ccc(C#N)c6ncccc56)C4(C)C)C2=O)C3=O)C1. The minimum absolute atomic E-state index is 0.00300. The number of nitrogens with zero attached hydrogens (tertiary/aromatic N) is 8. The molecule has 338 valence electrons. The van der Waals surface area contributed by atoms with Crippen LogP contribution in [-0.4, -0.2) is 115 Å². The summed E-state index contributed by atoms with van der Waals surface area (Å²) in [5.41, 5.74) is 5.37. The average molecular weight is 882 g/mol. The number of ether oxygens (including phenoxy) is 2. The summed E-state index contributed by atoms with van der Waals surface area (Å²) in [5.74, 6) is -0.346. The highest BCUT2D eigenvalue weighted by atomic mass is 16.5. The molecule has 0 radical (unpaired) electrons. The van der Waals surface area contributed by atoms with Crippen molar-refractivity contribution >= 4 is 46.3 Å². The molecule has 2 aromatic heterocycles. The van der Waals surface area contributed by atoms with E-state index in [1.165, 1.54) is 4.90 Å². The predicted octanol–water partition coefficient (Wildman–Crippen LogP) is 5.53. The second kappa shape index (κ2) is 16.5. The van der Waals surface area contributed by atoms with E-state index in [1.54, 1.807) is 54.7 Å². The van der Waals surface area contributed by atoms with Crippen molar-refractivity contribution in [1.29, 1.82) is 5.26 Å². The maximum atomic E-state index is 14.5. The molecule has 0 bridgehead atoms. The van der Waals surface area contributed by atoms with Crippen molar-refractivity contribution in [2.24, 2.45) is 22.5 Å². The van der Waals surface area contributed by atoms with Crippen molar-refractivity contribution in [3.8, 4) is 17.6 Å². The molecular weight excluding hydrogens is 827 g/mol. The van der Waals surface area contributed by atoms with Gasteiger partial charge in [-0.05, 0) is 93.6 Å². The predicted molar refractivity (Wildman–Crippen MR) is 239 cm³/mol. The van der Waals surface area contributed by atoms with Crippen LogP contribution in [0.4, 0.5) is 5.82 Å². The van der Waals surface area contributed by atoms with Gasteiger partial charge in [0.15, 0.2) is 11.5 Å². The zero-order valence-electron chi connectivity index (χ0n) is 37.7. The smallest absolute Gasteiger partial charge is 0.269 e. The monoisotopic (exact) mass is 881 g/mol. The Morgan fingerprint density at radius 3 is 2.29 bits per heavy atom. The lowest BCUT2D eigenvalue weighted by molar-refractivity contribution is -0.215. The maximum Gasteiger partial charge on any atom is 0.269 e. The number of hydrogen-bond donors (Lipinski definition) is 1. The van der Waals surface area contributed by atoms with Gasteiger partial charge in [-0.2, -0.15) is 5.26 Å². The normalized spacial score (nSPS) is 25.1. The zero-order valence-corrected chi connectivity index (χ0v) is 37.7. The Bertz CT molecular complexity index is 2610. The average Bonchev–Trinajstić information content (AvgIpc) is 3.51. The Morgan fingerprint density at radius 1 is 0.908 bits per heavy atom. The number of likely N-dealkylation sites (tertiary alicyclic amines) is 1. The summed E-state index contributed by atoms with van der Waals surface area (Å²) in [7, 11) is 0. The van der Waals surface area contributed by atoms with Crippen molar-refractivity contribution in [3.63, 3.8) is 0 Å². The number of imide groups is 2. The van der Waals surface area contributed by atoms with Crippen LogP contribution in [-0.2, 0) is 9.59 Å². The molecule has 16 nitrogen and oxygen atoms in total. The van der Waals surface area contributed by atoms with Gasteiger partial charge in [0.25, 0.3) is 23.6 Å². The molecule has 2 aliphatic carbocycles. The van der Waals surface area contributed by atoms with Crippen LogP contribution in [0, 0.1) is 28.1 Å². The molecular formula is C49H55N9O7. The van der Waals surface area contributed by atoms with E-state index >= 15 is 0 Å². The van der Waals surface area contributed by atoms with Gasteiger partial charge in [-0.3, -0.25) is 43.7 Å². The number of pyridine rings is 1. The minimum atomic E-state index is -1.14. The standard InChI is InChI=1S/C49H55N9O7/c1-27(2)56(26-28-17-20-55(21-18-28)39-15-12-36(42(51)60)53-54-39)30-22-32(23-30)64-31-10-11-33-35(24-31)44(62)57(43(33)61)37-13-16-40(59)58(45(37)63)46-48(3,4)47(49(46,5)6)65-38-14-9-29(25-50)41-34(38)8-7-19-52-41/h7-12,14-15,19,24,27-28,30,32,37,46-47H,13,16-18,20-23,26H2,1-6H3,(H2,51,60). The van der Waals surface area contributed by atoms with Gasteiger partial charge in [0.05, 0.1) is 28.2 Å². The minimum Gasteiger partial charge on any atom is -0.490 e. The highest BCUT2D eigenvalue weighted by molar-refractivity contribution is 6.23. The fraction of sp³-hybridized carbons (Fsp3) is 0.490. The number of amides is 5. The number of benzene rings is 2. The highest BCUT2D eigenvalue weighted by Crippen LogP contribution is 2.59. The highest BCUT2D eigenvalue weighted by Gasteiger charge is 2.68. The van der Waals surface area contributed by atoms with E-state index in [4.69, 9.17) is 15.2 Å². The number of fused-ring (bicyclic) bond motifs is 2. The number of carbonyl (C=O) groups excluding carboxylic acids is 5. The van der Waals surface area contributed by atoms with Crippen LogP contribution in [0.25, 0.3) is 10.9 Å². The summed E-state index contributed by atoms with van der Waals surface area (Å²) in [6.07, 6.45) is 4.84. The molecule has 5 heterocycles. The van der Waals surface area contributed by atoms with Crippen molar-refractivity contribution in [2.45, 2.75) is 116 Å². The summed E-state index contributed by atoms with van der Waals surface area (Å²) in [6, 6.07) is 16.5. The molecule has 2 aromatic carbocycles. The molecule has 65 heavy (non-hydrogen) atoms. The summed E-state index contributed by atoms with van der Waals surface area (Å²) in [4.78, 5) is 79.3. The first-order valence-corrected chi connectivity index (χ1v) is 22.6. The summed E-state index contributed by atoms with van der Waals surface area (Å²) < 4.78 is 13.1. The molecule has 4 aromatic rings. The fourth-order valence-corrected chi connectivity index (χ4v) is 11.6. The summed E-state index contributed by atoms with van der Waals surface area (Å²) in [6.45, 7) is 14.9. The lowest BCUT2D eigenvalue weighted by Crippen LogP contribution is -2.77. The molecule has 2 N–H and O–H groups in total. The third-order valence-corrected chi connectivity index (χ3v) is 14.6. The Balaban J connectivity index is 0.823. The van der Waals surface area contributed by atoms with Gasteiger partial charge in [0, 0.05) is 73.4 Å². The van der Waals surface area contributed by atoms with Crippen LogP contribution in [0.1, 0.15) is 117 Å². The van der Waals surface area contributed by atoms with E-state index < -0.39 is 52.6 Å². The van der Waals surface area contributed by atoms with Gasteiger partial charge in [-0.15, -0.1) is 10.2 Å². The lowest BCUT2D eigenvalue weighted by atomic mass is 9.48. The number of anilines is 1. The van der Waals surface area contributed by atoms with Gasteiger partial charge in [0.2, 0.25) is 5.91 Å². The molecule has 2 saturated heterocycles. The molecule has 5 amide bonds. The quantitative estimate of drug-likeness (QED) is 0.174. The number of rotatable bonds is 12. The third-order valence-electron chi connectivity index (χ3n) is 14.6. The van der Waals surface area contributed by atoms with Crippen molar-refractivity contribution in [1.82, 2.24) is 29.9 Å². The molecule has 2 saturated carbocycles. The van der Waals surface area contributed by atoms with Crippen LogP contribution < -0.4 is 20.1 Å². The van der Waals surface area contributed by atoms with Gasteiger partial charge in [0.1, 0.15) is 35.8 Å².